The largest absolute Gasteiger partial charge is 0.385 e. The molecule has 0 spiro atoms. The van der Waals surface area contributed by atoms with Gasteiger partial charge in [-0.2, -0.15) is 0 Å². The van der Waals surface area contributed by atoms with Crippen LogP contribution in [0, 0.1) is 5.41 Å². The maximum atomic E-state index is 5.33. The van der Waals surface area contributed by atoms with Crippen LogP contribution in [0.4, 0.5) is 5.13 Å². The molecule has 2 rings (SSSR count). The summed E-state index contributed by atoms with van der Waals surface area (Å²) in [6.45, 7) is 5.35. The highest BCUT2D eigenvalue weighted by Crippen LogP contribution is 2.40. The topological polar surface area (TPSA) is 61.8 Å². The normalized spacial score (nSPS) is 16.2. The highest BCUT2D eigenvalue weighted by atomic mass is 127. The van der Waals surface area contributed by atoms with E-state index in [4.69, 9.17) is 9.73 Å². The molecule has 150 valence electrons. The first kappa shape index (κ1) is 23.4. The van der Waals surface area contributed by atoms with Gasteiger partial charge in [-0.25, -0.2) is 9.98 Å². The number of ether oxygens (including phenoxy) is 1. The van der Waals surface area contributed by atoms with Crippen molar-refractivity contribution in [3.8, 4) is 0 Å². The summed E-state index contributed by atoms with van der Waals surface area (Å²) in [6, 6.07) is 0. The molecule has 0 radical (unpaired) electrons. The smallest absolute Gasteiger partial charge is 0.191 e. The average molecular weight is 495 g/mol. The van der Waals surface area contributed by atoms with Crippen LogP contribution in [-0.4, -0.2) is 51.8 Å². The van der Waals surface area contributed by atoms with Gasteiger partial charge in [0.05, 0.1) is 12.2 Å². The molecule has 1 heterocycles. The van der Waals surface area contributed by atoms with Crippen LogP contribution in [0.5, 0.6) is 0 Å². The summed E-state index contributed by atoms with van der Waals surface area (Å²) in [4.78, 5) is 11.3. The van der Waals surface area contributed by atoms with Gasteiger partial charge in [0.25, 0.3) is 0 Å². The standard InChI is InChI=1S/C18H33N5OS.HI/c1-5-19-16(20-12-15-13-25-17(22-15)23(2)3)21-14-18(10-11-24-4)8-6-7-9-18;/h13H,5-12,14H2,1-4H3,(H2,19,20,21);1H. The first-order valence-corrected chi connectivity index (χ1v) is 10.1. The molecule has 0 bridgehead atoms. The fraction of sp³-hybridized carbons (Fsp3) is 0.778. The van der Waals surface area contributed by atoms with Gasteiger partial charge in [0.1, 0.15) is 0 Å². The van der Waals surface area contributed by atoms with E-state index in [2.05, 4.69) is 27.9 Å². The molecule has 8 heteroatoms. The van der Waals surface area contributed by atoms with Crippen molar-refractivity contribution in [2.75, 3.05) is 45.8 Å². The molecule has 6 nitrogen and oxygen atoms in total. The lowest BCUT2D eigenvalue weighted by Crippen LogP contribution is -2.43. The number of guanidine groups is 1. The van der Waals surface area contributed by atoms with E-state index in [0.29, 0.717) is 12.0 Å². The summed E-state index contributed by atoms with van der Waals surface area (Å²) in [5.41, 5.74) is 1.37. The minimum atomic E-state index is 0. The lowest BCUT2D eigenvalue weighted by molar-refractivity contribution is 0.138. The predicted molar refractivity (Wildman–Crippen MR) is 122 cm³/mol. The van der Waals surface area contributed by atoms with Gasteiger partial charge in [-0.05, 0) is 31.6 Å². The molecule has 1 aromatic heterocycles. The summed E-state index contributed by atoms with van der Waals surface area (Å²) in [6.07, 6.45) is 6.33. The van der Waals surface area contributed by atoms with Crippen molar-refractivity contribution in [3.05, 3.63) is 11.1 Å². The van der Waals surface area contributed by atoms with Crippen LogP contribution in [0.2, 0.25) is 0 Å². The summed E-state index contributed by atoms with van der Waals surface area (Å²) in [7, 11) is 5.81. The van der Waals surface area contributed by atoms with Gasteiger partial charge in [0, 0.05) is 46.3 Å². The number of nitrogens with one attached hydrogen (secondary N) is 2. The number of hydrogen-bond donors (Lipinski definition) is 2. The lowest BCUT2D eigenvalue weighted by Gasteiger charge is -2.30. The molecule has 1 aromatic rings. The van der Waals surface area contributed by atoms with E-state index in [9.17, 15) is 0 Å². The second-order valence-corrected chi connectivity index (χ2v) is 7.85. The van der Waals surface area contributed by atoms with E-state index >= 15 is 0 Å². The third-order valence-electron chi connectivity index (χ3n) is 4.80. The summed E-state index contributed by atoms with van der Waals surface area (Å²) < 4.78 is 5.33. The molecule has 0 aliphatic heterocycles. The number of aromatic nitrogens is 1. The number of anilines is 1. The van der Waals surface area contributed by atoms with Gasteiger partial charge >= 0.3 is 0 Å². The second kappa shape index (κ2) is 12.0. The zero-order valence-electron chi connectivity index (χ0n) is 16.5. The van der Waals surface area contributed by atoms with Crippen LogP contribution < -0.4 is 15.5 Å². The number of thiazole rings is 1. The van der Waals surface area contributed by atoms with Crippen LogP contribution in [0.15, 0.2) is 10.4 Å². The molecule has 26 heavy (non-hydrogen) atoms. The zero-order chi connectivity index (χ0) is 18.1. The number of halogens is 1. The Morgan fingerprint density at radius 3 is 2.65 bits per heavy atom. The van der Waals surface area contributed by atoms with Gasteiger partial charge in [-0.15, -0.1) is 35.3 Å². The average Bonchev–Trinajstić information content (AvgIpc) is 3.26. The Bertz CT molecular complexity index is 543. The molecule has 1 aliphatic rings. The van der Waals surface area contributed by atoms with E-state index < -0.39 is 0 Å². The maximum absolute atomic E-state index is 5.33. The Labute approximate surface area is 179 Å². The van der Waals surface area contributed by atoms with Crippen molar-refractivity contribution in [1.29, 1.82) is 0 Å². The lowest BCUT2D eigenvalue weighted by atomic mass is 9.83. The predicted octanol–water partition coefficient (Wildman–Crippen LogP) is 3.48. The van der Waals surface area contributed by atoms with E-state index in [1.807, 2.05) is 19.0 Å². The molecule has 2 N–H and O–H groups in total. The van der Waals surface area contributed by atoms with E-state index in [1.165, 1.54) is 25.7 Å². The number of nitrogens with zero attached hydrogens (tertiary/aromatic N) is 3. The van der Waals surface area contributed by atoms with Gasteiger partial charge in [0.15, 0.2) is 11.1 Å². The Balaban J connectivity index is 0.00000338. The fourth-order valence-corrected chi connectivity index (χ4v) is 4.06. The van der Waals surface area contributed by atoms with E-state index in [-0.39, 0.29) is 24.0 Å². The van der Waals surface area contributed by atoms with Crippen molar-refractivity contribution in [2.45, 2.75) is 45.6 Å². The molecule has 1 aliphatic carbocycles. The first-order valence-electron chi connectivity index (χ1n) is 9.21. The Hall–Kier alpha value is -0.610. The molecule has 0 unspecified atom stereocenters. The number of aliphatic imine (C=N–C) groups is 1. The minimum Gasteiger partial charge on any atom is -0.385 e. The molecule has 0 amide bonds. The quantitative estimate of drug-likeness (QED) is 0.312. The summed E-state index contributed by atoms with van der Waals surface area (Å²) in [5.74, 6) is 0.880. The van der Waals surface area contributed by atoms with Crippen LogP contribution in [0.25, 0.3) is 0 Å². The molecule has 0 aromatic carbocycles. The monoisotopic (exact) mass is 495 g/mol. The van der Waals surface area contributed by atoms with Crippen LogP contribution in [-0.2, 0) is 11.3 Å². The highest BCUT2D eigenvalue weighted by molar-refractivity contribution is 14.0. The Kier molecular flexibility index (Phi) is 10.8. The fourth-order valence-electron chi connectivity index (χ4n) is 3.31. The second-order valence-electron chi connectivity index (χ2n) is 7.01. The molecular formula is C18H34IN5OS. The third-order valence-corrected chi connectivity index (χ3v) is 5.85. The van der Waals surface area contributed by atoms with Crippen molar-refractivity contribution in [3.63, 3.8) is 0 Å². The zero-order valence-corrected chi connectivity index (χ0v) is 19.7. The van der Waals surface area contributed by atoms with E-state index in [0.717, 1.165) is 42.9 Å². The minimum absolute atomic E-state index is 0. The number of hydrogen-bond acceptors (Lipinski definition) is 5. The van der Waals surface area contributed by atoms with Gasteiger partial charge in [-0.1, -0.05) is 12.8 Å². The first-order chi connectivity index (χ1) is 12.1. The Morgan fingerprint density at radius 1 is 1.35 bits per heavy atom. The molecule has 0 atom stereocenters. The van der Waals surface area contributed by atoms with Crippen molar-refractivity contribution >= 4 is 46.4 Å². The van der Waals surface area contributed by atoms with Crippen molar-refractivity contribution in [2.24, 2.45) is 10.4 Å². The number of rotatable bonds is 9. The van der Waals surface area contributed by atoms with Crippen molar-refractivity contribution in [1.82, 2.24) is 15.6 Å². The molecule has 0 saturated heterocycles. The number of methoxy groups -OCH3 is 1. The van der Waals surface area contributed by atoms with Crippen LogP contribution >= 0.6 is 35.3 Å². The molecule has 1 saturated carbocycles. The van der Waals surface area contributed by atoms with Gasteiger partial charge in [-0.3, -0.25) is 0 Å². The van der Waals surface area contributed by atoms with Crippen molar-refractivity contribution < 1.29 is 4.74 Å². The third kappa shape index (κ3) is 7.19. The SMILES string of the molecule is CCNC(=NCc1csc(N(C)C)n1)NCC1(CCOC)CCCC1.I. The van der Waals surface area contributed by atoms with Crippen LogP contribution in [0.1, 0.15) is 44.7 Å². The maximum Gasteiger partial charge on any atom is 0.191 e. The Morgan fingerprint density at radius 2 is 2.08 bits per heavy atom. The summed E-state index contributed by atoms with van der Waals surface area (Å²) in [5, 5.41) is 10.0. The van der Waals surface area contributed by atoms with Crippen LogP contribution in [0.3, 0.4) is 0 Å². The molecule has 1 fully saturated rings. The summed E-state index contributed by atoms with van der Waals surface area (Å²) >= 11 is 1.66. The molecular weight excluding hydrogens is 461 g/mol. The van der Waals surface area contributed by atoms with Gasteiger partial charge < -0.3 is 20.3 Å². The van der Waals surface area contributed by atoms with E-state index in [1.54, 1.807) is 18.4 Å². The highest BCUT2D eigenvalue weighted by Gasteiger charge is 2.33. The van der Waals surface area contributed by atoms with Gasteiger partial charge in [0.2, 0.25) is 0 Å².